The molecule has 0 unspecified atom stereocenters. The molecule has 10 heteroatoms. The van der Waals surface area contributed by atoms with Crippen molar-refractivity contribution in [2.75, 3.05) is 14.2 Å². The molecule has 10 nitrogen and oxygen atoms in total. The number of phenolic OH excluding ortho intramolecular Hbond substituents is 4. The van der Waals surface area contributed by atoms with Gasteiger partial charge in [-0.05, 0) is 59.7 Å². The fraction of sp³-hybridized carbons (Fsp3) is 0.143. The molecule has 1 amide bonds. The quantitative estimate of drug-likeness (QED) is 0.132. The molecule has 0 aliphatic rings. The minimum absolute atomic E-state index is 0.0252. The minimum atomic E-state index is -1.04. The summed E-state index contributed by atoms with van der Waals surface area (Å²) < 4.78 is 16.2. The van der Waals surface area contributed by atoms with Gasteiger partial charge in [0.1, 0.15) is 11.8 Å². The predicted molar refractivity (Wildman–Crippen MR) is 138 cm³/mol. The van der Waals surface area contributed by atoms with Gasteiger partial charge in [0, 0.05) is 23.4 Å². The topological polar surface area (TPSA) is 159 Å². The number of amides is 1. The molecule has 0 spiro atoms. The van der Waals surface area contributed by atoms with Crippen molar-refractivity contribution in [1.82, 2.24) is 5.32 Å². The molecule has 1 atom stereocenters. The van der Waals surface area contributed by atoms with Crippen LogP contribution in [0.1, 0.15) is 11.1 Å². The van der Waals surface area contributed by atoms with E-state index in [1.807, 2.05) is 0 Å². The van der Waals surface area contributed by atoms with Crippen LogP contribution in [0.3, 0.4) is 0 Å². The average Bonchev–Trinajstić information content (AvgIpc) is 3.36. The molecular formula is C28H25NO9. The first kappa shape index (κ1) is 26.0. The number of aromatic hydroxyl groups is 4. The molecule has 0 fully saturated rings. The molecular weight excluding hydrogens is 494 g/mol. The van der Waals surface area contributed by atoms with Crippen LogP contribution in [0.15, 0.2) is 65.1 Å². The molecule has 1 heterocycles. The summed E-state index contributed by atoms with van der Waals surface area (Å²) in [5, 5.41) is 41.9. The van der Waals surface area contributed by atoms with E-state index in [9.17, 15) is 30.0 Å². The van der Waals surface area contributed by atoms with Gasteiger partial charge in [-0.2, -0.15) is 0 Å². The van der Waals surface area contributed by atoms with Gasteiger partial charge >= 0.3 is 5.97 Å². The first-order chi connectivity index (χ1) is 18.2. The fourth-order valence-electron chi connectivity index (χ4n) is 3.90. The van der Waals surface area contributed by atoms with Crippen molar-refractivity contribution < 1.29 is 43.9 Å². The number of ether oxygens (including phenoxy) is 2. The van der Waals surface area contributed by atoms with Crippen LogP contribution in [0.4, 0.5) is 0 Å². The maximum Gasteiger partial charge on any atom is 0.328 e. The van der Waals surface area contributed by atoms with E-state index in [2.05, 4.69) is 5.32 Å². The maximum absolute atomic E-state index is 12.7. The number of hydrogen-bond acceptors (Lipinski definition) is 9. The highest BCUT2D eigenvalue weighted by Crippen LogP contribution is 2.38. The van der Waals surface area contributed by atoms with Gasteiger partial charge in [-0.25, -0.2) is 4.79 Å². The summed E-state index contributed by atoms with van der Waals surface area (Å²) in [5.74, 6) is -1.59. The number of methoxy groups -OCH3 is 2. The standard InChI is InChI=1S/C28H25NO9/c1-36-24-9-5-16(18-14-25(38-27(18)24)17-4-8-21(31)23(33)13-17)6-10-26(34)29-19(28(35)37-2)11-15-3-7-20(30)22(32)12-15/h3-10,12-14,19,30-33H,11H2,1-2H3,(H,29,34)/b10-6+/t19-/m1/s1. The van der Waals surface area contributed by atoms with Crippen molar-refractivity contribution in [2.24, 2.45) is 0 Å². The summed E-state index contributed by atoms with van der Waals surface area (Å²) in [6.45, 7) is 0. The Labute approximate surface area is 217 Å². The number of phenols is 4. The van der Waals surface area contributed by atoms with E-state index in [0.29, 0.717) is 39.2 Å². The van der Waals surface area contributed by atoms with Crippen LogP contribution in [0.25, 0.3) is 28.4 Å². The zero-order valence-corrected chi connectivity index (χ0v) is 20.5. The zero-order valence-electron chi connectivity index (χ0n) is 20.5. The Morgan fingerprint density at radius 3 is 2.29 bits per heavy atom. The van der Waals surface area contributed by atoms with E-state index >= 15 is 0 Å². The molecule has 1 aromatic heterocycles. The van der Waals surface area contributed by atoms with Crippen LogP contribution in [-0.4, -0.2) is 52.6 Å². The van der Waals surface area contributed by atoms with E-state index in [1.54, 1.807) is 30.3 Å². The normalized spacial score (nSPS) is 11.9. The lowest BCUT2D eigenvalue weighted by atomic mass is 10.0. The molecule has 38 heavy (non-hydrogen) atoms. The number of esters is 1. The lowest BCUT2D eigenvalue weighted by molar-refractivity contribution is -0.144. The molecule has 196 valence electrons. The number of rotatable bonds is 8. The van der Waals surface area contributed by atoms with Crippen LogP contribution >= 0.6 is 0 Å². The molecule has 0 saturated heterocycles. The van der Waals surface area contributed by atoms with Gasteiger partial charge in [0.05, 0.1) is 14.2 Å². The van der Waals surface area contributed by atoms with Crippen LogP contribution in [0.5, 0.6) is 28.7 Å². The van der Waals surface area contributed by atoms with Crippen molar-refractivity contribution in [2.45, 2.75) is 12.5 Å². The Hall–Kier alpha value is -5.12. The first-order valence-electron chi connectivity index (χ1n) is 11.4. The Bertz CT molecular complexity index is 1540. The highest BCUT2D eigenvalue weighted by molar-refractivity contribution is 5.99. The first-order valence-corrected chi connectivity index (χ1v) is 11.4. The smallest absolute Gasteiger partial charge is 0.328 e. The van der Waals surface area contributed by atoms with Gasteiger partial charge in [-0.15, -0.1) is 0 Å². The number of carbonyl (C=O) groups is 2. The van der Waals surface area contributed by atoms with Crippen LogP contribution in [0, 0.1) is 0 Å². The Balaban J connectivity index is 1.59. The number of benzene rings is 3. The number of furan rings is 1. The third-order valence-corrected chi connectivity index (χ3v) is 5.86. The summed E-state index contributed by atoms with van der Waals surface area (Å²) in [6.07, 6.45) is 2.83. The zero-order chi connectivity index (χ0) is 27.4. The van der Waals surface area contributed by atoms with Gasteiger partial charge in [0.15, 0.2) is 34.3 Å². The molecule has 5 N–H and O–H groups in total. The minimum Gasteiger partial charge on any atom is -0.504 e. The van der Waals surface area contributed by atoms with Gasteiger partial charge in [-0.1, -0.05) is 12.1 Å². The Kier molecular flexibility index (Phi) is 7.43. The van der Waals surface area contributed by atoms with Gasteiger partial charge in [0.25, 0.3) is 0 Å². The predicted octanol–water partition coefficient (Wildman–Crippen LogP) is 3.84. The van der Waals surface area contributed by atoms with E-state index in [0.717, 1.165) is 0 Å². The number of fused-ring (bicyclic) bond motifs is 1. The second-order valence-electron chi connectivity index (χ2n) is 8.36. The highest BCUT2D eigenvalue weighted by atomic mass is 16.5. The molecule has 4 rings (SSSR count). The van der Waals surface area contributed by atoms with E-state index in [4.69, 9.17) is 13.9 Å². The largest absolute Gasteiger partial charge is 0.504 e. The molecule has 0 radical (unpaired) electrons. The SMILES string of the molecule is COC(=O)[C@@H](Cc1ccc(O)c(O)c1)NC(=O)/C=C/c1ccc(OC)c2oc(-c3ccc(O)c(O)c3)cc12. The van der Waals surface area contributed by atoms with Crippen molar-refractivity contribution in [3.63, 3.8) is 0 Å². The van der Waals surface area contributed by atoms with E-state index in [-0.39, 0.29) is 29.4 Å². The Morgan fingerprint density at radius 1 is 0.921 bits per heavy atom. The van der Waals surface area contributed by atoms with Gasteiger partial charge < -0.3 is 39.6 Å². The average molecular weight is 520 g/mol. The highest BCUT2D eigenvalue weighted by Gasteiger charge is 2.22. The second-order valence-corrected chi connectivity index (χ2v) is 8.36. The maximum atomic E-state index is 12.7. The molecule has 0 aliphatic heterocycles. The van der Waals surface area contributed by atoms with Crippen LogP contribution < -0.4 is 10.1 Å². The molecule has 0 saturated carbocycles. The van der Waals surface area contributed by atoms with Crippen LogP contribution in [-0.2, 0) is 20.7 Å². The second kappa shape index (κ2) is 10.9. The number of nitrogens with one attached hydrogen (secondary N) is 1. The summed E-state index contributed by atoms with van der Waals surface area (Å²) in [5.41, 5.74) is 2.06. The van der Waals surface area contributed by atoms with Gasteiger partial charge in [0.2, 0.25) is 5.91 Å². The summed E-state index contributed by atoms with van der Waals surface area (Å²) in [7, 11) is 2.69. The Morgan fingerprint density at radius 2 is 1.63 bits per heavy atom. The summed E-state index contributed by atoms with van der Waals surface area (Å²) in [6, 6.07) is 12.5. The van der Waals surface area contributed by atoms with Gasteiger partial charge in [-0.3, -0.25) is 4.79 Å². The number of hydrogen-bond donors (Lipinski definition) is 5. The van der Waals surface area contributed by atoms with Crippen molar-refractivity contribution in [1.29, 1.82) is 0 Å². The van der Waals surface area contributed by atoms with E-state index < -0.39 is 17.9 Å². The van der Waals surface area contributed by atoms with Crippen molar-refractivity contribution >= 4 is 28.9 Å². The lowest BCUT2D eigenvalue weighted by Crippen LogP contribution is -2.42. The summed E-state index contributed by atoms with van der Waals surface area (Å²) in [4.78, 5) is 25.0. The van der Waals surface area contributed by atoms with Crippen LogP contribution in [0.2, 0.25) is 0 Å². The molecule has 4 aromatic rings. The third-order valence-electron chi connectivity index (χ3n) is 5.86. The van der Waals surface area contributed by atoms with Crippen molar-refractivity contribution in [3.8, 4) is 40.1 Å². The fourth-order valence-corrected chi connectivity index (χ4v) is 3.90. The summed E-state index contributed by atoms with van der Waals surface area (Å²) >= 11 is 0. The lowest BCUT2D eigenvalue weighted by Gasteiger charge is -2.16. The number of carbonyl (C=O) groups excluding carboxylic acids is 2. The van der Waals surface area contributed by atoms with Crippen molar-refractivity contribution in [3.05, 3.63) is 71.8 Å². The van der Waals surface area contributed by atoms with E-state index in [1.165, 1.54) is 50.6 Å². The molecule has 3 aromatic carbocycles. The molecule has 0 aliphatic carbocycles. The monoisotopic (exact) mass is 519 g/mol. The third kappa shape index (κ3) is 5.49. The molecule has 0 bridgehead atoms.